The summed E-state index contributed by atoms with van der Waals surface area (Å²) in [6.45, 7) is 6.34. The van der Waals surface area contributed by atoms with Crippen LogP contribution in [0, 0.1) is 0 Å². The van der Waals surface area contributed by atoms with Gasteiger partial charge in [0.25, 0.3) is 0 Å². The predicted molar refractivity (Wildman–Crippen MR) is 117 cm³/mol. The van der Waals surface area contributed by atoms with Crippen molar-refractivity contribution in [3.63, 3.8) is 0 Å². The fraction of sp³-hybridized carbons (Fsp3) is 0.318. The summed E-state index contributed by atoms with van der Waals surface area (Å²) in [7, 11) is 2.12. The molecule has 8 nitrogen and oxygen atoms in total. The van der Waals surface area contributed by atoms with Crippen LogP contribution in [-0.2, 0) is 0 Å². The summed E-state index contributed by atoms with van der Waals surface area (Å²) in [4.78, 5) is 11.6. The zero-order valence-electron chi connectivity index (χ0n) is 17.3. The maximum Gasteiger partial charge on any atom is 0.154 e. The molecular weight excluding hydrogens is 376 g/mol. The van der Waals surface area contributed by atoms with Crippen LogP contribution in [0.1, 0.15) is 31.4 Å². The maximum atomic E-state index is 4.74. The second-order valence-electron chi connectivity index (χ2n) is 8.20. The van der Waals surface area contributed by atoms with Crippen LogP contribution in [0.25, 0.3) is 22.2 Å². The van der Waals surface area contributed by atoms with Crippen molar-refractivity contribution in [2.75, 3.05) is 25.5 Å². The Morgan fingerprint density at radius 3 is 2.67 bits per heavy atom. The largest absolute Gasteiger partial charge is 0.323 e. The van der Waals surface area contributed by atoms with Gasteiger partial charge in [-0.1, -0.05) is 13.8 Å². The van der Waals surface area contributed by atoms with Gasteiger partial charge in [-0.3, -0.25) is 9.67 Å². The van der Waals surface area contributed by atoms with Crippen LogP contribution in [0.5, 0.6) is 0 Å². The molecule has 30 heavy (non-hydrogen) atoms. The summed E-state index contributed by atoms with van der Waals surface area (Å²) in [5.74, 6) is 1.78. The molecular formula is C22H24N8. The van der Waals surface area contributed by atoms with Gasteiger partial charge in [0.2, 0.25) is 0 Å². The van der Waals surface area contributed by atoms with Crippen molar-refractivity contribution in [2.45, 2.75) is 25.8 Å². The maximum absolute atomic E-state index is 4.74. The van der Waals surface area contributed by atoms with Gasteiger partial charge in [0.05, 0.1) is 29.5 Å². The van der Waals surface area contributed by atoms with E-state index in [2.05, 4.69) is 63.7 Å². The van der Waals surface area contributed by atoms with Crippen molar-refractivity contribution in [3.05, 3.63) is 54.6 Å². The molecule has 8 heteroatoms. The number of nitrogens with one attached hydrogen (secondary N) is 1. The van der Waals surface area contributed by atoms with E-state index in [0.717, 1.165) is 40.8 Å². The average molecular weight is 400 g/mol. The molecule has 5 heterocycles. The number of rotatable bonds is 5. The fourth-order valence-corrected chi connectivity index (χ4v) is 3.64. The van der Waals surface area contributed by atoms with E-state index in [1.165, 1.54) is 0 Å². The Morgan fingerprint density at radius 1 is 1.00 bits per heavy atom. The normalized spacial score (nSPS) is 14.9. The lowest BCUT2D eigenvalue weighted by Gasteiger charge is -2.36. The Labute approximate surface area is 175 Å². The van der Waals surface area contributed by atoms with Crippen LogP contribution in [0.15, 0.2) is 49.1 Å². The van der Waals surface area contributed by atoms with Crippen molar-refractivity contribution >= 4 is 22.7 Å². The number of nitrogens with zero attached hydrogens (tertiary/aromatic N) is 7. The predicted octanol–water partition coefficient (Wildman–Crippen LogP) is 3.64. The summed E-state index contributed by atoms with van der Waals surface area (Å²) in [6, 6.07) is 8.38. The topological polar surface area (TPSA) is 84.7 Å². The van der Waals surface area contributed by atoms with E-state index in [1.54, 1.807) is 6.20 Å². The summed E-state index contributed by atoms with van der Waals surface area (Å²) in [5.41, 5.74) is 4.86. The highest BCUT2D eigenvalue weighted by Crippen LogP contribution is 2.26. The first-order chi connectivity index (χ1) is 14.5. The molecule has 1 aliphatic heterocycles. The molecule has 0 aliphatic carbocycles. The van der Waals surface area contributed by atoms with Crippen molar-refractivity contribution in [3.8, 4) is 11.1 Å². The molecule has 152 valence electrons. The first-order valence-electron chi connectivity index (χ1n) is 10.1. The molecule has 4 aromatic rings. The molecule has 0 aromatic carbocycles. The van der Waals surface area contributed by atoms with Gasteiger partial charge in [-0.15, -0.1) is 5.10 Å². The second kappa shape index (κ2) is 7.46. The number of likely N-dealkylation sites (N-methyl/N-ethyl adjacent to an activating group) is 1. The summed E-state index contributed by atoms with van der Waals surface area (Å²) >= 11 is 0. The third kappa shape index (κ3) is 3.61. The second-order valence-corrected chi connectivity index (χ2v) is 8.20. The summed E-state index contributed by atoms with van der Waals surface area (Å²) in [5, 5.41) is 16.0. The molecule has 0 unspecified atom stereocenters. The minimum absolute atomic E-state index is 0.388. The van der Waals surface area contributed by atoms with Crippen molar-refractivity contribution in [1.82, 2.24) is 34.8 Å². The van der Waals surface area contributed by atoms with Crippen LogP contribution >= 0.6 is 0 Å². The lowest BCUT2D eigenvalue weighted by molar-refractivity contribution is 0.130. The molecule has 1 aliphatic rings. The molecule has 1 N–H and O–H groups in total. The highest BCUT2D eigenvalue weighted by Gasteiger charge is 2.25. The van der Waals surface area contributed by atoms with Gasteiger partial charge in [0.15, 0.2) is 5.82 Å². The van der Waals surface area contributed by atoms with E-state index in [0.29, 0.717) is 23.6 Å². The van der Waals surface area contributed by atoms with Gasteiger partial charge in [-0.25, -0.2) is 4.98 Å². The van der Waals surface area contributed by atoms with Crippen LogP contribution in [0.3, 0.4) is 0 Å². The molecule has 0 bridgehead atoms. The molecule has 1 fully saturated rings. The molecule has 0 radical (unpaired) electrons. The molecule has 1 saturated heterocycles. The molecule has 0 atom stereocenters. The summed E-state index contributed by atoms with van der Waals surface area (Å²) in [6.07, 6.45) is 7.66. The number of hydrogen-bond donors (Lipinski definition) is 1. The van der Waals surface area contributed by atoms with E-state index < -0.39 is 0 Å². The molecule has 5 rings (SSSR count). The van der Waals surface area contributed by atoms with Crippen molar-refractivity contribution in [2.24, 2.45) is 0 Å². The Balaban J connectivity index is 1.41. The van der Waals surface area contributed by atoms with Crippen LogP contribution in [0.2, 0.25) is 0 Å². The number of likely N-dealkylation sites (tertiary alicyclic amines) is 1. The van der Waals surface area contributed by atoms with Crippen LogP contribution < -0.4 is 5.32 Å². The van der Waals surface area contributed by atoms with E-state index in [9.17, 15) is 0 Å². The Morgan fingerprint density at radius 2 is 1.87 bits per heavy atom. The lowest BCUT2D eigenvalue weighted by atomic mass is 10.1. The van der Waals surface area contributed by atoms with Crippen molar-refractivity contribution < 1.29 is 0 Å². The van der Waals surface area contributed by atoms with Crippen LogP contribution in [-0.4, -0.2) is 55.0 Å². The van der Waals surface area contributed by atoms with Gasteiger partial charge in [-0.2, -0.15) is 10.2 Å². The highest BCUT2D eigenvalue weighted by molar-refractivity contribution is 5.81. The Hall–Kier alpha value is -3.39. The van der Waals surface area contributed by atoms with E-state index in [4.69, 9.17) is 4.98 Å². The van der Waals surface area contributed by atoms with Gasteiger partial charge < -0.3 is 10.2 Å². The van der Waals surface area contributed by atoms with Crippen LogP contribution in [0.4, 0.5) is 11.6 Å². The smallest absolute Gasteiger partial charge is 0.154 e. The molecule has 0 amide bonds. The Bertz CT molecular complexity index is 1190. The molecule has 4 aromatic heterocycles. The SMILES string of the molecule is CC(C)c1cnnc(Nc2ccc3ncc(-c4cnn(C5CN(C)C5)c4)cc3n2)c1. The number of hydrogen-bond acceptors (Lipinski definition) is 7. The van der Waals surface area contributed by atoms with E-state index in [-0.39, 0.29) is 0 Å². The average Bonchev–Trinajstić information content (AvgIpc) is 3.21. The van der Waals surface area contributed by atoms with Crippen molar-refractivity contribution in [1.29, 1.82) is 0 Å². The van der Waals surface area contributed by atoms with Gasteiger partial charge in [0, 0.05) is 36.6 Å². The number of anilines is 2. The third-order valence-corrected chi connectivity index (χ3v) is 5.49. The zero-order valence-corrected chi connectivity index (χ0v) is 17.3. The first kappa shape index (κ1) is 18.6. The minimum atomic E-state index is 0.388. The van der Waals surface area contributed by atoms with E-state index >= 15 is 0 Å². The standard InChI is InChI=1S/C22H24N8/c1-14(2)15-7-22(28-24-9-15)27-21-5-4-19-20(26-21)6-16(8-23-19)17-10-25-30(11-17)18-12-29(3)13-18/h4-11,14,18H,12-13H2,1-3H3,(H,26,27,28). The van der Waals surface area contributed by atoms with Gasteiger partial charge in [-0.05, 0) is 42.8 Å². The molecule has 0 saturated carbocycles. The highest BCUT2D eigenvalue weighted by atomic mass is 15.4. The Kier molecular flexibility index (Phi) is 4.63. The minimum Gasteiger partial charge on any atom is -0.323 e. The van der Waals surface area contributed by atoms with Gasteiger partial charge in [0.1, 0.15) is 5.82 Å². The number of aromatic nitrogens is 6. The quantitative estimate of drug-likeness (QED) is 0.547. The van der Waals surface area contributed by atoms with E-state index in [1.807, 2.05) is 35.3 Å². The first-order valence-corrected chi connectivity index (χ1v) is 10.1. The zero-order chi connectivity index (χ0) is 20.7. The fourth-order valence-electron chi connectivity index (χ4n) is 3.64. The summed E-state index contributed by atoms with van der Waals surface area (Å²) < 4.78 is 2.05. The number of fused-ring (bicyclic) bond motifs is 1. The monoisotopic (exact) mass is 400 g/mol. The third-order valence-electron chi connectivity index (χ3n) is 5.49. The van der Waals surface area contributed by atoms with Gasteiger partial charge >= 0.3 is 0 Å². The molecule has 0 spiro atoms. The lowest BCUT2D eigenvalue weighted by Crippen LogP contribution is -2.45. The number of pyridine rings is 2.